The summed E-state index contributed by atoms with van der Waals surface area (Å²) in [6.07, 6.45) is 1.91. The summed E-state index contributed by atoms with van der Waals surface area (Å²) < 4.78 is 11.8. The molecule has 4 nitrogen and oxygen atoms in total. The Morgan fingerprint density at radius 1 is 0.545 bits per heavy atom. The summed E-state index contributed by atoms with van der Waals surface area (Å²) in [7, 11) is 0. The van der Waals surface area contributed by atoms with Crippen molar-refractivity contribution in [3.63, 3.8) is 0 Å². The number of phenols is 1. The molecule has 0 saturated heterocycles. The van der Waals surface area contributed by atoms with Gasteiger partial charge in [0, 0.05) is 24.3 Å². The van der Waals surface area contributed by atoms with E-state index in [2.05, 4.69) is 206 Å². The van der Waals surface area contributed by atoms with Gasteiger partial charge in [-0.2, -0.15) is 0 Å². The first-order valence-corrected chi connectivity index (χ1v) is 23.3. The molecule has 0 bridgehead atoms. The molecule has 0 aliphatic carbocycles. The van der Waals surface area contributed by atoms with E-state index in [1.807, 2.05) is 32.2 Å². The molecule has 2 heterocycles. The molecule has 0 aliphatic heterocycles. The number of aromatic nitrogens is 3. The van der Waals surface area contributed by atoms with Gasteiger partial charge >= 0.3 is 0 Å². The van der Waals surface area contributed by atoms with Crippen LogP contribution in [0.1, 0.15) is 109 Å². The summed E-state index contributed by atoms with van der Waals surface area (Å²) in [5.41, 5.74) is 18.8. The molecule has 0 unspecified atom stereocenters. The van der Waals surface area contributed by atoms with Crippen molar-refractivity contribution < 1.29 is 6.48 Å². The first-order chi connectivity index (χ1) is 32.0. The second-order valence-electron chi connectivity index (χ2n) is 19.8. The molecule has 0 saturated carbocycles. The molecule has 2 aromatic heterocycles. The van der Waals surface area contributed by atoms with E-state index in [4.69, 9.17) is 9.97 Å². The number of hydrogen-bond acceptors (Lipinski definition) is 3. The van der Waals surface area contributed by atoms with Crippen LogP contribution in [0, 0.1) is 6.92 Å². The number of fused-ring (bicyclic) bond motifs is 1. The van der Waals surface area contributed by atoms with Crippen molar-refractivity contribution in [1.82, 2.24) is 14.5 Å². The molecule has 330 valence electrons. The molecular weight excluding hydrogens is 803 g/mol. The number of phenolic OH excluding ortho intramolecular Hbond substituents is 1. The van der Waals surface area contributed by atoms with E-state index in [0.29, 0.717) is 11.4 Å². The highest BCUT2D eigenvalue weighted by molar-refractivity contribution is 5.98. The molecule has 0 amide bonds. The van der Waals surface area contributed by atoms with E-state index < -0.39 is 5.89 Å². The molecular formula is C62H61N3O. The zero-order valence-electron chi connectivity index (χ0n) is 41.0. The fourth-order valence-electron chi connectivity index (χ4n) is 9.15. The minimum atomic E-state index is -0.916. The van der Waals surface area contributed by atoms with Gasteiger partial charge in [-0.25, -0.2) is 4.98 Å². The number of pyridine rings is 1. The number of aryl methyl sites for hydroxylation is 1. The van der Waals surface area contributed by atoms with Crippen LogP contribution in [0.4, 0.5) is 0 Å². The summed E-state index contributed by atoms with van der Waals surface area (Å²) in [4.78, 5) is 10.7. The smallest absolute Gasteiger partial charge is 0.149 e. The van der Waals surface area contributed by atoms with E-state index in [-0.39, 0.29) is 23.0 Å². The van der Waals surface area contributed by atoms with Crippen LogP contribution >= 0.6 is 0 Å². The molecule has 0 fully saturated rings. The van der Waals surface area contributed by atoms with Crippen molar-refractivity contribution >= 4 is 11.0 Å². The van der Waals surface area contributed by atoms with Crippen LogP contribution < -0.4 is 0 Å². The van der Waals surface area contributed by atoms with E-state index >= 15 is 0 Å². The van der Waals surface area contributed by atoms with Crippen molar-refractivity contribution in [3.8, 4) is 78.6 Å². The number of para-hydroxylation sites is 1. The SMILES string of the molecule is [2H]C(C)(C)c1cc(-c2ccccc2)c(-n2c(-c3cc(C(C)C)cc(C(C)C)c3O)nc3c(-c4cc(-c5cc(-c6ccc(C)cc6)ccn5)cc(C(C)(C)C)c4)cccc32)cc1-c1ccccc1. The van der Waals surface area contributed by atoms with Gasteiger partial charge in [0.1, 0.15) is 11.6 Å². The standard InChI is InChI=1S/C62H61N3O/c1-38(2)46-33-52(40(5)6)60(66)55(34-46)61-64-59-50(47-30-48(32-49(31-47)62(8,9)10)56-35-45(28-29-63-56)42-26-24-41(7)25-27-42)22-17-23-57(59)65(61)58-37-53(43-18-13-11-14-19-43)51(39(3)4)36-54(58)44-20-15-12-16-21-44/h11-40,66H,1-10H3/i39D. The highest BCUT2D eigenvalue weighted by Gasteiger charge is 2.27. The molecule has 9 aromatic rings. The van der Waals surface area contributed by atoms with Crippen molar-refractivity contribution in [2.75, 3.05) is 0 Å². The third kappa shape index (κ3) is 8.49. The van der Waals surface area contributed by atoms with Gasteiger partial charge in [-0.15, -0.1) is 0 Å². The van der Waals surface area contributed by atoms with Crippen LogP contribution in [0.5, 0.6) is 5.75 Å². The third-order valence-electron chi connectivity index (χ3n) is 13.0. The Morgan fingerprint density at radius 2 is 1.21 bits per heavy atom. The highest BCUT2D eigenvalue weighted by atomic mass is 16.3. The lowest BCUT2D eigenvalue weighted by Crippen LogP contribution is -2.11. The van der Waals surface area contributed by atoms with Crippen LogP contribution in [-0.2, 0) is 5.41 Å². The molecule has 0 atom stereocenters. The maximum Gasteiger partial charge on any atom is 0.149 e. The van der Waals surface area contributed by atoms with Crippen LogP contribution in [-0.4, -0.2) is 19.6 Å². The van der Waals surface area contributed by atoms with Gasteiger partial charge in [-0.1, -0.05) is 177 Å². The van der Waals surface area contributed by atoms with Crippen molar-refractivity contribution in [1.29, 1.82) is 0 Å². The van der Waals surface area contributed by atoms with Crippen LogP contribution in [0.15, 0.2) is 164 Å². The largest absolute Gasteiger partial charge is 0.507 e. The maximum absolute atomic E-state index is 12.5. The van der Waals surface area contributed by atoms with Crippen molar-refractivity contribution in [3.05, 3.63) is 192 Å². The van der Waals surface area contributed by atoms with Gasteiger partial charge in [0.25, 0.3) is 0 Å². The Labute approximate surface area is 393 Å². The van der Waals surface area contributed by atoms with Crippen molar-refractivity contribution in [2.45, 2.75) is 92.4 Å². The number of nitrogens with zero attached hydrogens (tertiary/aromatic N) is 3. The average Bonchev–Trinajstić information content (AvgIpc) is 3.70. The van der Waals surface area contributed by atoms with Gasteiger partial charge < -0.3 is 5.11 Å². The number of imidazole rings is 1. The average molecular weight is 865 g/mol. The van der Waals surface area contributed by atoms with E-state index in [0.717, 1.165) is 89.2 Å². The molecule has 0 radical (unpaired) electrons. The minimum absolute atomic E-state index is 0.0747. The van der Waals surface area contributed by atoms with Gasteiger partial charge in [0.15, 0.2) is 0 Å². The van der Waals surface area contributed by atoms with Crippen LogP contribution in [0.25, 0.3) is 83.9 Å². The number of benzene rings is 7. The van der Waals surface area contributed by atoms with Gasteiger partial charge in [0.2, 0.25) is 0 Å². The fourth-order valence-corrected chi connectivity index (χ4v) is 9.15. The second kappa shape index (κ2) is 17.7. The molecule has 1 N–H and O–H groups in total. The minimum Gasteiger partial charge on any atom is -0.507 e. The third-order valence-corrected chi connectivity index (χ3v) is 13.0. The predicted molar refractivity (Wildman–Crippen MR) is 279 cm³/mol. The van der Waals surface area contributed by atoms with E-state index in [1.165, 1.54) is 11.1 Å². The van der Waals surface area contributed by atoms with Crippen LogP contribution in [0.3, 0.4) is 0 Å². The summed E-state index contributed by atoms with van der Waals surface area (Å²) in [6, 6.07) is 55.8. The topological polar surface area (TPSA) is 50.9 Å². The summed E-state index contributed by atoms with van der Waals surface area (Å²) in [5, 5.41) is 12.5. The number of hydrogen-bond donors (Lipinski definition) is 1. The zero-order chi connectivity index (χ0) is 47.4. The Morgan fingerprint density at radius 3 is 1.85 bits per heavy atom. The normalized spacial score (nSPS) is 12.3. The van der Waals surface area contributed by atoms with Crippen LogP contribution in [0.2, 0.25) is 0 Å². The Bertz CT molecular complexity index is 3260. The quantitative estimate of drug-likeness (QED) is 0.149. The zero-order valence-corrected chi connectivity index (χ0v) is 40.0. The molecule has 9 rings (SSSR count). The Kier molecular flexibility index (Phi) is 11.5. The summed E-state index contributed by atoms with van der Waals surface area (Å²) in [5.74, 6) is 0.261. The van der Waals surface area contributed by atoms with Gasteiger partial charge in [0.05, 0.1) is 28.0 Å². The maximum atomic E-state index is 12.5. The molecule has 66 heavy (non-hydrogen) atoms. The second-order valence-corrected chi connectivity index (χ2v) is 19.8. The predicted octanol–water partition coefficient (Wildman–Crippen LogP) is 17.1. The molecule has 7 aromatic carbocycles. The monoisotopic (exact) mass is 864 g/mol. The summed E-state index contributed by atoms with van der Waals surface area (Å²) in [6.45, 7) is 21.5. The number of aromatic hydroxyl groups is 1. The lowest BCUT2D eigenvalue weighted by atomic mass is 9.83. The first kappa shape index (κ1) is 42.9. The highest BCUT2D eigenvalue weighted by Crippen LogP contribution is 2.46. The van der Waals surface area contributed by atoms with E-state index in [1.54, 1.807) is 0 Å². The summed E-state index contributed by atoms with van der Waals surface area (Å²) >= 11 is 0. The Balaban J connectivity index is 1.39. The van der Waals surface area contributed by atoms with Crippen molar-refractivity contribution in [2.24, 2.45) is 0 Å². The molecule has 0 aliphatic rings. The first-order valence-electron chi connectivity index (χ1n) is 23.8. The van der Waals surface area contributed by atoms with Gasteiger partial charge in [-0.3, -0.25) is 9.55 Å². The fraction of sp³-hybridized carbons (Fsp3) is 0.226. The number of rotatable bonds is 10. The molecule has 4 heteroatoms. The molecule has 0 spiro atoms. The lowest BCUT2D eigenvalue weighted by Gasteiger charge is -2.23. The lowest BCUT2D eigenvalue weighted by molar-refractivity contribution is 0.466. The Hall–Kier alpha value is -7.04. The van der Waals surface area contributed by atoms with Gasteiger partial charge in [-0.05, 0) is 134 Å². The van der Waals surface area contributed by atoms with E-state index in [9.17, 15) is 6.48 Å².